The molecule has 0 atom stereocenters. The molecule has 1 aliphatic heterocycles. The summed E-state index contributed by atoms with van der Waals surface area (Å²) in [6.07, 6.45) is 6.51. The van der Waals surface area contributed by atoms with Gasteiger partial charge in [0.05, 0.1) is 11.4 Å². The molecule has 92 valence electrons. The number of aryl methyl sites for hydroxylation is 1. The van der Waals surface area contributed by atoms with E-state index in [1.807, 2.05) is 29.9 Å². The van der Waals surface area contributed by atoms with Gasteiger partial charge in [0.15, 0.2) is 0 Å². The summed E-state index contributed by atoms with van der Waals surface area (Å²) in [5.74, 6) is 0.870. The first-order valence-electron chi connectivity index (χ1n) is 5.93. The van der Waals surface area contributed by atoms with Crippen LogP contribution >= 0.6 is 11.6 Å². The molecule has 0 saturated heterocycles. The molecule has 4 nitrogen and oxygen atoms in total. The molecule has 0 fully saturated rings. The quantitative estimate of drug-likeness (QED) is 0.903. The van der Waals surface area contributed by atoms with Gasteiger partial charge in [-0.05, 0) is 24.6 Å². The van der Waals surface area contributed by atoms with Gasteiger partial charge in [-0.1, -0.05) is 18.5 Å². The Labute approximate surface area is 110 Å². The lowest BCUT2D eigenvalue weighted by Gasteiger charge is -2.17. The number of anilines is 1. The average molecular weight is 261 g/mol. The van der Waals surface area contributed by atoms with Crippen LogP contribution in [0.2, 0.25) is 5.02 Å². The fraction of sp³-hybridized carbons (Fsp3) is 0.231. The zero-order valence-corrected chi connectivity index (χ0v) is 10.8. The lowest BCUT2D eigenvalue weighted by atomic mass is 10.2. The average Bonchev–Trinajstić information content (AvgIpc) is 2.77. The van der Waals surface area contributed by atoms with Crippen LogP contribution in [0.1, 0.15) is 18.2 Å². The second-order valence-electron chi connectivity index (χ2n) is 4.09. The standard InChI is InChI=1S/C13H13ClN4/c1-2-10-12(14)13-16-7-5-11(18(13)17-10)9-4-3-6-15-8-9/h3-6,8,16H,2,7H2,1H3. The minimum Gasteiger partial charge on any atom is -0.365 e. The van der Waals surface area contributed by atoms with Crippen LogP contribution in [0.15, 0.2) is 30.6 Å². The van der Waals surface area contributed by atoms with Crippen LogP contribution in [0, 0.1) is 0 Å². The van der Waals surface area contributed by atoms with E-state index in [9.17, 15) is 0 Å². The van der Waals surface area contributed by atoms with Crippen LogP contribution in [-0.2, 0) is 6.42 Å². The minimum absolute atomic E-state index is 0.715. The summed E-state index contributed by atoms with van der Waals surface area (Å²) < 4.78 is 1.86. The Balaban J connectivity index is 2.13. The summed E-state index contributed by atoms with van der Waals surface area (Å²) >= 11 is 6.31. The number of nitrogens with zero attached hydrogens (tertiary/aromatic N) is 3. The van der Waals surface area contributed by atoms with Crippen molar-refractivity contribution in [3.05, 3.63) is 46.9 Å². The Morgan fingerprint density at radius 1 is 1.50 bits per heavy atom. The van der Waals surface area contributed by atoms with E-state index in [-0.39, 0.29) is 0 Å². The molecule has 0 aromatic carbocycles. The largest absolute Gasteiger partial charge is 0.365 e. The predicted octanol–water partition coefficient (Wildman–Crippen LogP) is 2.81. The van der Waals surface area contributed by atoms with E-state index < -0.39 is 0 Å². The van der Waals surface area contributed by atoms with Crippen molar-refractivity contribution in [1.29, 1.82) is 0 Å². The summed E-state index contributed by atoms with van der Waals surface area (Å²) in [5, 5.41) is 8.52. The number of hydrogen-bond acceptors (Lipinski definition) is 3. The van der Waals surface area contributed by atoms with Gasteiger partial charge in [0, 0.05) is 24.5 Å². The van der Waals surface area contributed by atoms with Crippen molar-refractivity contribution in [3.8, 4) is 0 Å². The third-order valence-electron chi connectivity index (χ3n) is 2.98. The molecule has 0 spiro atoms. The van der Waals surface area contributed by atoms with E-state index in [2.05, 4.69) is 21.5 Å². The second kappa shape index (κ2) is 4.46. The summed E-state index contributed by atoms with van der Waals surface area (Å²) in [7, 11) is 0. The number of rotatable bonds is 2. The Kier molecular flexibility index (Phi) is 2.80. The Hall–Kier alpha value is -1.81. The molecule has 2 aromatic heterocycles. The highest BCUT2D eigenvalue weighted by Crippen LogP contribution is 2.32. The lowest BCUT2D eigenvalue weighted by Crippen LogP contribution is -2.15. The molecule has 0 aliphatic carbocycles. The summed E-state index contributed by atoms with van der Waals surface area (Å²) in [6.45, 7) is 2.80. The molecule has 5 heteroatoms. The fourth-order valence-corrected chi connectivity index (χ4v) is 2.40. The van der Waals surface area contributed by atoms with Gasteiger partial charge in [0.2, 0.25) is 0 Å². The molecule has 1 N–H and O–H groups in total. The van der Waals surface area contributed by atoms with E-state index in [1.54, 1.807) is 6.20 Å². The van der Waals surface area contributed by atoms with Crippen molar-refractivity contribution in [2.75, 3.05) is 11.9 Å². The van der Waals surface area contributed by atoms with Gasteiger partial charge in [-0.2, -0.15) is 5.10 Å². The Bertz CT molecular complexity index is 601. The van der Waals surface area contributed by atoms with Crippen molar-refractivity contribution in [3.63, 3.8) is 0 Å². The number of fused-ring (bicyclic) bond motifs is 1. The molecule has 0 bridgehead atoms. The number of nitrogens with one attached hydrogen (secondary N) is 1. The summed E-state index contributed by atoms with van der Waals surface area (Å²) in [5.41, 5.74) is 2.98. The topological polar surface area (TPSA) is 42.7 Å². The van der Waals surface area contributed by atoms with Crippen molar-refractivity contribution >= 4 is 23.1 Å². The van der Waals surface area contributed by atoms with Gasteiger partial charge in [0.25, 0.3) is 0 Å². The maximum Gasteiger partial charge on any atom is 0.149 e. The smallest absolute Gasteiger partial charge is 0.149 e. The van der Waals surface area contributed by atoms with Crippen LogP contribution < -0.4 is 5.32 Å². The molecule has 0 amide bonds. The summed E-state index contributed by atoms with van der Waals surface area (Å²) in [6, 6.07) is 3.94. The van der Waals surface area contributed by atoms with Crippen molar-refractivity contribution < 1.29 is 0 Å². The third kappa shape index (κ3) is 1.69. The van der Waals surface area contributed by atoms with Gasteiger partial charge in [-0.15, -0.1) is 0 Å². The van der Waals surface area contributed by atoms with Crippen molar-refractivity contribution in [2.24, 2.45) is 0 Å². The molecule has 3 heterocycles. The maximum atomic E-state index is 6.31. The highest BCUT2D eigenvalue weighted by molar-refractivity contribution is 6.33. The van der Waals surface area contributed by atoms with E-state index in [0.29, 0.717) is 5.02 Å². The van der Waals surface area contributed by atoms with Crippen LogP contribution in [0.4, 0.5) is 5.82 Å². The van der Waals surface area contributed by atoms with E-state index in [1.165, 1.54) is 0 Å². The van der Waals surface area contributed by atoms with Crippen LogP contribution in [-0.4, -0.2) is 21.3 Å². The van der Waals surface area contributed by atoms with Gasteiger partial charge in [-0.25, -0.2) is 4.68 Å². The predicted molar refractivity (Wildman–Crippen MR) is 72.7 cm³/mol. The minimum atomic E-state index is 0.715. The SMILES string of the molecule is CCc1nn2c(c1Cl)NCC=C2c1cccnc1. The fourth-order valence-electron chi connectivity index (χ4n) is 2.08. The van der Waals surface area contributed by atoms with Gasteiger partial charge in [0.1, 0.15) is 10.8 Å². The van der Waals surface area contributed by atoms with Gasteiger partial charge < -0.3 is 5.32 Å². The molecule has 2 aromatic rings. The normalized spacial score (nSPS) is 13.8. The Morgan fingerprint density at radius 3 is 3.11 bits per heavy atom. The molecule has 0 unspecified atom stereocenters. The third-order valence-corrected chi connectivity index (χ3v) is 3.38. The number of hydrogen-bond donors (Lipinski definition) is 1. The molecule has 18 heavy (non-hydrogen) atoms. The molecule has 3 rings (SSSR count). The van der Waals surface area contributed by atoms with Crippen molar-refractivity contribution in [2.45, 2.75) is 13.3 Å². The number of pyridine rings is 1. The monoisotopic (exact) mass is 260 g/mol. The van der Waals surface area contributed by atoms with Crippen LogP contribution in [0.3, 0.4) is 0 Å². The number of halogens is 1. The first kappa shape index (κ1) is 11.3. The van der Waals surface area contributed by atoms with Gasteiger partial charge in [-0.3, -0.25) is 4.98 Å². The molecule has 0 radical (unpaired) electrons. The highest BCUT2D eigenvalue weighted by Gasteiger charge is 2.20. The van der Waals surface area contributed by atoms with Gasteiger partial charge >= 0.3 is 0 Å². The van der Waals surface area contributed by atoms with Crippen LogP contribution in [0.25, 0.3) is 5.70 Å². The zero-order valence-electron chi connectivity index (χ0n) is 10.0. The first-order chi connectivity index (χ1) is 8.81. The Morgan fingerprint density at radius 2 is 2.39 bits per heavy atom. The van der Waals surface area contributed by atoms with E-state index in [0.717, 1.165) is 35.7 Å². The number of aromatic nitrogens is 3. The summed E-state index contributed by atoms with van der Waals surface area (Å²) in [4.78, 5) is 4.15. The lowest BCUT2D eigenvalue weighted by molar-refractivity contribution is 0.848. The van der Waals surface area contributed by atoms with Crippen LogP contribution in [0.5, 0.6) is 0 Å². The molecule has 1 aliphatic rings. The van der Waals surface area contributed by atoms with E-state index in [4.69, 9.17) is 11.6 Å². The molecular weight excluding hydrogens is 248 g/mol. The van der Waals surface area contributed by atoms with E-state index >= 15 is 0 Å². The zero-order chi connectivity index (χ0) is 12.5. The first-order valence-corrected chi connectivity index (χ1v) is 6.31. The molecular formula is C13H13ClN4. The molecule has 0 saturated carbocycles. The van der Waals surface area contributed by atoms with Crippen molar-refractivity contribution in [1.82, 2.24) is 14.8 Å². The second-order valence-corrected chi connectivity index (χ2v) is 4.46. The maximum absolute atomic E-state index is 6.31. The highest BCUT2D eigenvalue weighted by atomic mass is 35.5.